The number of piperidine rings is 1. The van der Waals surface area contributed by atoms with Crippen molar-refractivity contribution in [3.63, 3.8) is 0 Å². The second-order valence-electron chi connectivity index (χ2n) is 10.5. The predicted octanol–water partition coefficient (Wildman–Crippen LogP) is 2.69. The van der Waals surface area contributed by atoms with Crippen molar-refractivity contribution >= 4 is 30.3 Å². The highest BCUT2D eigenvalue weighted by Gasteiger charge is 2.43. The second-order valence-corrected chi connectivity index (χ2v) is 12.1. The van der Waals surface area contributed by atoms with Gasteiger partial charge in [0, 0.05) is 24.7 Å². The fourth-order valence-corrected chi connectivity index (χ4v) is 5.58. The van der Waals surface area contributed by atoms with Gasteiger partial charge in [0.05, 0.1) is 43.1 Å². The van der Waals surface area contributed by atoms with Crippen molar-refractivity contribution < 1.29 is 41.8 Å². The lowest BCUT2D eigenvalue weighted by Gasteiger charge is -2.44. The van der Waals surface area contributed by atoms with Gasteiger partial charge >= 0.3 is 7.60 Å². The maximum Gasteiger partial charge on any atom is 0.344 e. The third kappa shape index (κ3) is 6.46. The Balaban J connectivity index is 1.58. The van der Waals surface area contributed by atoms with Crippen molar-refractivity contribution in [2.24, 2.45) is 5.73 Å². The average Bonchev–Trinajstić information content (AvgIpc) is 3.39. The molecule has 0 amide bonds. The van der Waals surface area contributed by atoms with Crippen molar-refractivity contribution in [3.05, 3.63) is 54.2 Å². The van der Waals surface area contributed by atoms with Gasteiger partial charge in [-0.05, 0) is 30.5 Å². The number of hydrogen-bond acceptors (Lipinski definition) is 10. The molecule has 4 heterocycles. The Labute approximate surface area is 247 Å². The SMILES string of the molecule is COc1cc(F)c(-c2cc(Cn3cnc4c(NCP(=O)(O)O)ncnc43)c(N3CCC[C@](N)([C@H](O)C(F)F)C3)cn2)cc1F. The zero-order chi connectivity index (χ0) is 31.8. The molecule has 0 radical (unpaired) electrons. The summed E-state index contributed by atoms with van der Waals surface area (Å²) >= 11 is 0. The van der Waals surface area contributed by atoms with Crippen molar-refractivity contribution in [1.82, 2.24) is 24.5 Å². The number of rotatable bonds is 10. The molecule has 1 aromatic carbocycles. The van der Waals surface area contributed by atoms with Gasteiger partial charge in [0.25, 0.3) is 6.43 Å². The Morgan fingerprint density at radius 3 is 2.64 bits per heavy atom. The first kappa shape index (κ1) is 31.5. The highest BCUT2D eigenvalue weighted by atomic mass is 31.2. The summed E-state index contributed by atoms with van der Waals surface area (Å²) in [7, 11) is -3.21. The standard InChI is InChI=1S/C26H29F4N8O5P/c1-43-20-7-16(27)15(6-17(20)28)18-5-14(19(8-32-18)37-4-2-3-26(31,10-37)22(39)23(29)30)9-38-12-35-21-24(33-11-34-25(21)38)36-13-44(40,41)42/h5-8,11-12,22-23,39H,2-4,9-10,13,31H2,1H3,(H,33,34,36)(H2,40,41,42)/t22-,26-/m1/s1. The number of halogens is 4. The van der Waals surface area contributed by atoms with Gasteiger partial charge in [-0.1, -0.05) is 0 Å². The number of ether oxygens (including phenoxy) is 1. The Bertz CT molecular complexity index is 1720. The van der Waals surface area contributed by atoms with Crippen LogP contribution in [0.5, 0.6) is 5.75 Å². The number of anilines is 2. The average molecular weight is 641 g/mol. The number of fused-ring (bicyclic) bond motifs is 1. The van der Waals surface area contributed by atoms with Crippen LogP contribution in [-0.2, 0) is 11.1 Å². The molecule has 6 N–H and O–H groups in total. The molecule has 0 unspecified atom stereocenters. The van der Waals surface area contributed by atoms with E-state index in [1.165, 1.54) is 32.0 Å². The quantitative estimate of drug-likeness (QED) is 0.126. The van der Waals surface area contributed by atoms with E-state index < -0.39 is 43.6 Å². The maximum absolute atomic E-state index is 15.0. The van der Waals surface area contributed by atoms with Crippen LogP contribution in [-0.4, -0.2) is 83.9 Å². The first-order valence-electron chi connectivity index (χ1n) is 13.3. The summed E-state index contributed by atoms with van der Waals surface area (Å²) in [5, 5.41) is 12.7. The number of aliphatic hydroxyl groups excluding tert-OH is 1. The lowest BCUT2D eigenvalue weighted by atomic mass is 9.84. The Kier molecular flexibility index (Phi) is 8.77. The van der Waals surface area contributed by atoms with Crippen molar-refractivity contribution in [2.45, 2.75) is 37.5 Å². The first-order valence-corrected chi connectivity index (χ1v) is 15.1. The van der Waals surface area contributed by atoms with Crippen LogP contribution in [0.15, 0.2) is 37.1 Å². The van der Waals surface area contributed by atoms with Crippen LogP contribution in [0.3, 0.4) is 0 Å². The van der Waals surface area contributed by atoms with Gasteiger partial charge in [-0.2, -0.15) is 0 Å². The number of hydrogen-bond donors (Lipinski definition) is 5. The van der Waals surface area contributed by atoms with Crippen LogP contribution in [0.4, 0.5) is 29.1 Å². The number of methoxy groups -OCH3 is 1. The van der Waals surface area contributed by atoms with Crippen molar-refractivity contribution in [3.8, 4) is 17.0 Å². The lowest BCUT2D eigenvalue weighted by Crippen LogP contribution is -2.63. The van der Waals surface area contributed by atoms with Crippen molar-refractivity contribution in [2.75, 3.05) is 36.7 Å². The molecule has 3 aromatic heterocycles. The summed E-state index contributed by atoms with van der Waals surface area (Å²) in [5.74, 6) is -1.82. The van der Waals surface area contributed by atoms with E-state index in [1.807, 2.05) is 0 Å². The summed E-state index contributed by atoms with van der Waals surface area (Å²) in [5.41, 5.74) is 5.95. The molecular weight excluding hydrogens is 611 g/mol. The Morgan fingerprint density at radius 2 is 1.93 bits per heavy atom. The molecule has 44 heavy (non-hydrogen) atoms. The third-order valence-corrected chi connectivity index (χ3v) is 7.97. The van der Waals surface area contributed by atoms with E-state index in [0.717, 1.165) is 12.1 Å². The van der Waals surface area contributed by atoms with E-state index in [1.54, 1.807) is 9.47 Å². The molecule has 13 nitrogen and oxygen atoms in total. The largest absolute Gasteiger partial charge is 0.494 e. The molecule has 0 saturated carbocycles. The topological polar surface area (TPSA) is 185 Å². The lowest BCUT2D eigenvalue weighted by molar-refractivity contribution is -0.0529. The zero-order valence-corrected chi connectivity index (χ0v) is 24.1. The number of nitrogens with two attached hydrogens (primary N) is 1. The summed E-state index contributed by atoms with van der Waals surface area (Å²) in [4.78, 5) is 37.1. The molecule has 2 atom stereocenters. The van der Waals surface area contributed by atoms with Crippen molar-refractivity contribution in [1.29, 1.82) is 0 Å². The second kappa shape index (κ2) is 12.2. The number of aliphatic hydroxyl groups is 1. The summed E-state index contributed by atoms with van der Waals surface area (Å²) in [6.45, 7) is 0.265. The highest BCUT2D eigenvalue weighted by molar-refractivity contribution is 7.51. The molecule has 5 rings (SSSR count). The van der Waals surface area contributed by atoms with Gasteiger partial charge in [0.1, 0.15) is 30.1 Å². The van der Waals surface area contributed by atoms with E-state index in [9.17, 15) is 32.6 Å². The van der Waals surface area contributed by atoms with E-state index in [0.29, 0.717) is 24.2 Å². The molecule has 4 aromatic rings. The normalized spacial score (nSPS) is 18.2. The fraction of sp³-hybridized carbons (Fsp3) is 0.385. The maximum atomic E-state index is 15.0. The van der Waals surface area contributed by atoms with E-state index in [-0.39, 0.29) is 53.5 Å². The van der Waals surface area contributed by atoms with Crippen LogP contribution < -0.4 is 20.7 Å². The number of imidazole rings is 1. The summed E-state index contributed by atoms with van der Waals surface area (Å²) < 4.78 is 74.3. The number of benzene rings is 1. The van der Waals surface area contributed by atoms with E-state index >= 15 is 4.39 Å². The van der Waals surface area contributed by atoms with Gasteiger partial charge in [-0.3, -0.25) is 9.55 Å². The van der Waals surface area contributed by atoms with Crippen LogP contribution in [0, 0.1) is 11.6 Å². The summed E-state index contributed by atoms with van der Waals surface area (Å²) in [6.07, 6.45) is -1.31. The molecule has 1 fully saturated rings. The minimum Gasteiger partial charge on any atom is -0.494 e. The van der Waals surface area contributed by atoms with E-state index in [2.05, 4.69) is 25.3 Å². The predicted molar refractivity (Wildman–Crippen MR) is 151 cm³/mol. The molecule has 1 aliphatic rings. The molecule has 0 bridgehead atoms. The Hall–Kier alpha value is -3.89. The molecule has 0 aliphatic carbocycles. The number of nitrogens with one attached hydrogen (secondary N) is 1. The first-order chi connectivity index (χ1) is 20.8. The van der Waals surface area contributed by atoms with Crippen LogP contribution in [0.1, 0.15) is 18.4 Å². The van der Waals surface area contributed by atoms with Crippen LogP contribution in [0.2, 0.25) is 0 Å². The number of nitrogens with zero attached hydrogens (tertiary/aromatic N) is 6. The van der Waals surface area contributed by atoms with Gasteiger partial charge in [0.2, 0.25) is 0 Å². The molecule has 236 valence electrons. The minimum absolute atomic E-state index is 0.0159. The third-order valence-electron chi connectivity index (χ3n) is 7.40. The van der Waals surface area contributed by atoms with Gasteiger partial charge < -0.3 is 40.1 Å². The van der Waals surface area contributed by atoms with E-state index in [4.69, 9.17) is 10.5 Å². The monoisotopic (exact) mass is 640 g/mol. The molecule has 0 spiro atoms. The van der Waals surface area contributed by atoms with Crippen LogP contribution in [0.25, 0.3) is 22.4 Å². The highest BCUT2D eigenvalue weighted by Crippen LogP contribution is 2.36. The fourth-order valence-electron chi connectivity index (χ4n) is 5.23. The smallest absolute Gasteiger partial charge is 0.344 e. The number of alkyl halides is 2. The number of pyridine rings is 1. The number of aromatic nitrogens is 5. The van der Waals surface area contributed by atoms with Gasteiger partial charge in [-0.15, -0.1) is 0 Å². The molecular formula is C26H29F4N8O5P. The summed E-state index contributed by atoms with van der Waals surface area (Å²) in [6, 6.07) is 3.35. The minimum atomic E-state index is -4.41. The Morgan fingerprint density at radius 1 is 1.16 bits per heavy atom. The molecule has 1 saturated heterocycles. The van der Waals surface area contributed by atoms with Gasteiger partial charge in [-0.25, -0.2) is 32.5 Å². The molecule has 1 aliphatic heterocycles. The molecule has 18 heteroatoms. The van der Waals surface area contributed by atoms with Crippen LogP contribution >= 0.6 is 7.60 Å². The zero-order valence-electron chi connectivity index (χ0n) is 23.2. The van der Waals surface area contributed by atoms with Gasteiger partial charge in [0.15, 0.2) is 23.0 Å².